The van der Waals surface area contributed by atoms with Gasteiger partial charge in [-0.15, -0.1) is 11.3 Å². The van der Waals surface area contributed by atoms with Crippen molar-refractivity contribution in [1.29, 1.82) is 0 Å². The molecule has 1 aromatic heterocycles. The molecule has 0 fully saturated rings. The maximum atomic E-state index is 13.1. The van der Waals surface area contributed by atoms with Crippen LogP contribution in [0.3, 0.4) is 0 Å². The van der Waals surface area contributed by atoms with Gasteiger partial charge in [0.2, 0.25) is 5.91 Å². The zero-order chi connectivity index (χ0) is 22.0. The van der Waals surface area contributed by atoms with E-state index in [0.29, 0.717) is 30.0 Å². The standard InChI is InChI=1S/C24H26N2O4S/c1-14-9-11-15(12-10-14)13-25-22(28)20-18-7-4-8-19(18)31-23(20)26-21(27)16-5-2-3-6-17(16)24(29)30/h2-3,9-12,16-17H,4-8,13H2,1H3,(H,25,28)(H,26,27)(H,29,30). The van der Waals surface area contributed by atoms with E-state index in [1.54, 1.807) is 0 Å². The third kappa shape index (κ3) is 4.56. The predicted octanol–water partition coefficient (Wildman–Crippen LogP) is 4.08. The molecule has 1 aromatic carbocycles. The highest BCUT2D eigenvalue weighted by molar-refractivity contribution is 7.17. The fraction of sp³-hybridized carbons (Fsp3) is 0.375. The van der Waals surface area contributed by atoms with Crippen LogP contribution in [0.5, 0.6) is 0 Å². The van der Waals surface area contributed by atoms with E-state index in [2.05, 4.69) is 10.6 Å². The maximum Gasteiger partial charge on any atom is 0.307 e. The highest BCUT2D eigenvalue weighted by Gasteiger charge is 2.35. The van der Waals surface area contributed by atoms with Gasteiger partial charge in [-0.2, -0.15) is 0 Å². The number of nitrogens with one attached hydrogen (secondary N) is 2. The molecule has 2 amide bonds. The van der Waals surface area contributed by atoms with Crippen molar-refractivity contribution in [2.24, 2.45) is 11.8 Å². The second-order valence-electron chi connectivity index (χ2n) is 8.21. The Labute approximate surface area is 185 Å². The second-order valence-corrected chi connectivity index (χ2v) is 9.32. The molecule has 4 rings (SSSR count). The van der Waals surface area contributed by atoms with Crippen molar-refractivity contribution in [3.8, 4) is 0 Å². The fourth-order valence-electron chi connectivity index (χ4n) is 4.29. The zero-order valence-corrected chi connectivity index (χ0v) is 18.3. The minimum atomic E-state index is -0.964. The number of rotatable bonds is 6. The van der Waals surface area contributed by atoms with Crippen LogP contribution < -0.4 is 10.6 Å². The summed E-state index contributed by atoms with van der Waals surface area (Å²) in [7, 11) is 0. The summed E-state index contributed by atoms with van der Waals surface area (Å²) in [6.07, 6.45) is 7.12. The molecule has 162 valence electrons. The summed E-state index contributed by atoms with van der Waals surface area (Å²) >= 11 is 1.44. The molecule has 1 heterocycles. The van der Waals surface area contributed by atoms with Gasteiger partial charge >= 0.3 is 5.97 Å². The minimum Gasteiger partial charge on any atom is -0.481 e. The molecule has 2 aliphatic carbocycles. The van der Waals surface area contributed by atoms with Crippen molar-refractivity contribution in [3.63, 3.8) is 0 Å². The van der Waals surface area contributed by atoms with Gasteiger partial charge < -0.3 is 15.7 Å². The smallest absolute Gasteiger partial charge is 0.307 e. The highest BCUT2D eigenvalue weighted by atomic mass is 32.1. The van der Waals surface area contributed by atoms with E-state index in [1.807, 2.05) is 43.3 Å². The van der Waals surface area contributed by atoms with Crippen molar-refractivity contribution < 1.29 is 19.5 Å². The molecule has 0 aliphatic heterocycles. The summed E-state index contributed by atoms with van der Waals surface area (Å²) in [6, 6.07) is 7.98. The van der Waals surface area contributed by atoms with Crippen LogP contribution in [-0.2, 0) is 29.0 Å². The number of allylic oxidation sites excluding steroid dienone is 2. The number of hydrogen-bond acceptors (Lipinski definition) is 4. The summed E-state index contributed by atoms with van der Waals surface area (Å²) in [5.74, 6) is -2.87. The molecule has 0 saturated heterocycles. The van der Waals surface area contributed by atoms with E-state index in [-0.39, 0.29) is 11.8 Å². The van der Waals surface area contributed by atoms with E-state index in [9.17, 15) is 19.5 Å². The highest BCUT2D eigenvalue weighted by Crippen LogP contribution is 2.40. The average molecular weight is 439 g/mol. The van der Waals surface area contributed by atoms with Crippen molar-refractivity contribution in [2.75, 3.05) is 5.32 Å². The molecule has 2 atom stereocenters. The number of carboxylic acid groups (broad SMARTS) is 1. The molecule has 0 spiro atoms. The third-order valence-corrected chi connectivity index (χ3v) is 7.25. The van der Waals surface area contributed by atoms with Gasteiger partial charge in [0.25, 0.3) is 5.91 Å². The number of fused-ring (bicyclic) bond motifs is 1. The van der Waals surface area contributed by atoms with E-state index < -0.39 is 17.8 Å². The summed E-state index contributed by atoms with van der Waals surface area (Å²) in [6.45, 7) is 2.43. The van der Waals surface area contributed by atoms with Crippen LogP contribution in [0.2, 0.25) is 0 Å². The molecule has 0 bridgehead atoms. The van der Waals surface area contributed by atoms with Gasteiger partial charge in [-0.1, -0.05) is 42.0 Å². The van der Waals surface area contributed by atoms with Gasteiger partial charge in [0.05, 0.1) is 17.4 Å². The van der Waals surface area contributed by atoms with E-state index in [1.165, 1.54) is 11.3 Å². The molecule has 7 heteroatoms. The van der Waals surface area contributed by atoms with Crippen molar-refractivity contribution in [1.82, 2.24) is 5.32 Å². The van der Waals surface area contributed by atoms with E-state index in [0.717, 1.165) is 40.8 Å². The number of thiophene rings is 1. The maximum absolute atomic E-state index is 13.1. The lowest BCUT2D eigenvalue weighted by Crippen LogP contribution is -2.35. The Morgan fingerprint density at radius 2 is 1.77 bits per heavy atom. The molecule has 2 aromatic rings. The van der Waals surface area contributed by atoms with Crippen molar-refractivity contribution in [3.05, 3.63) is 63.5 Å². The Morgan fingerprint density at radius 1 is 1.06 bits per heavy atom. The zero-order valence-electron chi connectivity index (χ0n) is 17.4. The van der Waals surface area contributed by atoms with Gasteiger partial charge in [-0.25, -0.2) is 0 Å². The number of hydrogen-bond donors (Lipinski definition) is 3. The predicted molar refractivity (Wildman–Crippen MR) is 120 cm³/mol. The van der Waals surface area contributed by atoms with Gasteiger partial charge in [0.1, 0.15) is 5.00 Å². The van der Waals surface area contributed by atoms with Crippen LogP contribution >= 0.6 is 11.3 Å². The van der Waals surface area contributed by atoms with Gasteiger partial charge in [0, 0.05) is 11.4 Å². The molecule has 2 unspecified atom stereocenters. The number of carbonyl (C=O) groups is 3. The molecular weight excluding hydrogens is 412 g/mol. The Bertz CT molecular complexity index is 1040. The van der Waals surface area contributed by atoms with Crippen LogP contribution in [0.4, 0.5) is 5.00 Å². The molecule has 2 aliphatic rings. The normalized spacial score (nSPS) is 19.6. The quantitative estimate of drug-likeness (QED) is 0.592. The Morgan fingerprint density at radius 3 is 2.48 bits per heavy atom. The Kier molecular flexibility index (Phi) is 6.23. The number of aliphatic carboxylic acids is 1. The van der Waals surface area contributed by atoms with E-state index >= 15 is 0 Å². The number of carbonyl (C=O) groups excluding carboxylic acids is 2. The molecule has 0 saturated carbocycles. The lowest BCUT2D eigenvalue weighted by molar-refractivity contribution is -0.146. The van der Waals surface area contributed by atoms with Crippen molar-refractivity contribution in [2.45, 2.75) is 45.6 Å². The number of anilines is 1. The summed E-state index contributed by atoms with van der Waals surface area (Å²) in [5.41, 5.74) is 3.72. The molecule has 3 N–H and O–H groups in total. The number of aryl methyl sites for hydroxylation is 2. The first-order chi connectivity index (χ1) is 14.9. The average Bonchev–Trinajstić information content (AvgIpc) is 3.34. The lowest BCUT2D eigenvalue weighted by Gasteiger charge is -2.24. The minimum absolute atomic E-state index is 0.200. The van der Waals surface area contributed by atoms with Crippen LogP contribution in [0.15, 0.2) is 36.4 Å². The lowest BCUT2D eigenvalue weighted by atomic mass is 9.82. The summed E-state index contributed by atoms with van der Waals surface area (Å²) in [4.78, 5) is 38.8. The monoisotopic (exact) mass is 438 g/mol. The molecule has 0 radical (unpaired) electrons. The first kappa shape index (κ1) is 21.3. The molecule has 31 heavy (non-hydrogen) atoms. The summed E-state index contributed by atoms with van der Waals surface area (Å²) in [5, 5.41) is 15.9. The van der Waals surface area contributed by atoms with E-state index in [4.69, 9.17) is 0 Å². The summed E-state index contributed by atoms with van der Waals surface area (Å²) < 4.78 is 0. The van der Waals surface area contributed by atoms with Gasteiger partial charge in [-0.3, -0.25) is 14.4 Å². The van der Waals surface area contributed by atoms with Crippen molar-refractivity contribution >= 4 is 34.1 Å². The first-order valence-electron chi connectivity index (χ1n) is 10.6. The Hall–Kier alpha value is -2.93. The second kappa shape index (κ2) is 9.06. The van der Waals surface area contributed by atoms with Gasteiger partial charge in [-0.05, 0) is 50.2 Å². The topological polar surface area (TPSA) is 95.5 Å². The number of carboxylic acids is 1. The van der Waals surface area contributed by atoms with Crippen LogP contribution in [0, 0.1) is 18.8 Å². The molecule has 6 nitrogen and oxygen atoms in total. The van der Waals surface area contributed by atoms with Crippen LogP contribution in [0.25, 0.3) is 0 Å². The van der Waals surface area contributed by atoms with Crippen LogP contribution in [-0.4, -0.2) is 22.9 Å². The largest absolute Gasteiger partial charge is 0.481 e. The number of benzene rings is 1. The first-order valence-corrected chi connectivity index (χ1v) is 11.4. The third-order valence-electron chi connectivity index (χ3n) is 6.05. The molecular formula is C24H26N2O4S. The number of amides is 2. The SMILES string of the molecule is Cc1ccc(CNC(=O)c2c(NC(=O)C3CC=CCC3C(=O)O)sc3c2CCC3)cc1. The van der Waals surface area contributed by atoms with Gasteiger partial charge in [0.15, 0.2) is 0 Å². The fourth-order valence-corrected chi connectivity index (χ4v) is 5.58. The Balaban J connectivity index is 1.53. The van der Waals surface area contributed by atoms with Crippen LogP contribution in [0.1, 0.15) is 51.2 Å².